The van der Waals surface area contributed by atoms with Crippen LogP contribution in [-0.2, 0) is 0 Å². The Morgan fingerprint density at radius 3 is 2.79 bits per heavy atom. The van der Waals surface area contributed by atoms with Crippen molar-refractivity contribution in [3.63, 3.8) is 0 Å². The SMILES string of the molecule is Cc1nn2nc(C#N)c(C)c2c(=O)[nH]1. The smallest absolute Gasteiger partial charge is 0.277 e. The van der Waals surface area contributed by atoms with E-state index in [1.165, 1.54) is 4.63 Å². The van der Waals surface area contributed by atoms with Crippen LogP contribution in [0.1, 0.15) is 17.1 Å². The van der Waals surface area contributed by atoms with E-state index in [4.69, 9.17) is 5.26 Å². The summed E-state index contributed by atoms with van der Waals surface area (Å²) in [5.41, 5.74) is 0.839. The van der Waals surface area contributed by atoms with Gasteiger partial charge in [0.05, 0.1) is 0 Å². The van der Waals surface area contributed by atoms with E-state index >= 15 is 0 Å². The maximum absolute atomic E-state index is 11.5. The van der Waals surface area contributed by atoms with Gasteiger partial charge in [-0.05, 0) is 13.8 Å². The van der Waals surface area contributed by atoms with Gasteiger partial charge in [0.1, 0.15) is 11.9 Å². The van der Waals surface area contributed by atoms with E-state index in [1.54, 1.807) is 13.8 Å². The number of aryl methyl sites for hydroxylation is 2. The lowest BCUT2D eigenvalue weighted by molar-refractivity contribution is 0.744. The topological polar surface area (TPSA) is 86.8 Å². The number of H-pyrrole nitrogens is 1. The molecule has 2 aromatic heterocycles. The monoisotopic (exact) mass is 189 g/mol. The lowest BCUT2D eigenvalue weighted by Crippen LogP contribution is -2.14. The van der Waals surface area contributed by atoms with Gasteiger partial charge in [-0.15, -0.1) is 14.8 Å². The molecule has 6 heteroatoms. The molecule has 2 aromatic rings. The standard InChI is InChI=1S/C8H7N5O/c1-4-6(3-9)12-13-7(4)8(14)10-5(2)11-13/h1-2H3,(H,10,11,14). The summed E-state index contributed by atoms with van der Waals surface area (Å²) >= 11 is 0. The van der Waals surface area contributed by atoms with Crippen LogP contribution >= 0.6 is 0 Å². The predicted octanol–water partition coefficient (Wildman–Crippen LogP) is -0.0939. The Morgan fingerprint density at radius 1 is 1.43 bits per heavy atom. The quantitative estimate of drug-likeness (QED) is 0.627. The van der Waals surface area contributed by atoms with Gasteiger partial charge in [0.2, 0.25) is 0 Å². The first-order valence-corrected chi connectivity index (χ1v) is 4.00. The Hall–Kier alpha value is -2.16. The molecule has 1 N–H and O–H groups in total. The van der Waals surface area contributed by atoms with Crippen LogP contribution < -0.4 is 5.56 Å². The minimum Gasteiger partial charge on any atom is -0.307 e. The summed E-state index contributed by atoms with van der Waals surface area (Å²) < 4.78 is 1.20. The van der Waals surface area contributed by atoms with Crippen molar-refractivity contribution in [1.29, 1.82) is 5.26 Å². The number of nitrogens with one attached hydrogen (secondary N) is 1. The van der Waals surface area contributed by atoms with Gasteiger partial charge in [-0.3, -0.25) is 4.79 Å². The fourth-order valence-corrected chi connectivity index (χ4v) is 1.31. The van der Waals surface area contributed by atoms with Crippen LogP contribution in [-0.4, -0.2) is 19.8 Å². The Kier molecular flexibility index (Phi) is 1.61. The first kappa shape index (κ1) is 8.44. The van der Waals surface area contributed by atoms with Crippen LogP contribution in [0.4, 0.5) is 0 Å². The molecular weight excluding hydrogens is 182 g/mol. The Balaban J connectivity index is 3.02. The van der Waals surface area contributed by atoms with E-state index in [-0.39, 0.29) is 11.3 Å². The third-order valence-electron chi connectivity index (χ3n) is 1.97. The number of nitrogens with zero attached hydrogens (tertiary/aromatic N) is 4. The molecule has 0 spiro atoms. The number of fused-ring (bicyclic) bond motifs is 1. The summed E-state index contributed by atoms with van der Waals surface area (Å²) in [5.74, 6) is 0.467. The highest BCUT2D eigenvalue weighted by atomic mass is 16.1. The highest BCUT2D eigenvalue weighted by Crippen LogP contribution is 2.07. The second-order valence-electron chi connectivity index (χ2n) is 2.96. The molecule has 14 heavy (non-hydrogen) atoms. The summed E-state index contributed by atoms with van der Waals surface area (Å²) in [6, 6.07) is 1.91. The van der Waals surface area contributed by atoms with Crippen molar-refractivity contribution >= 4 is 5.52 Å². The highest BCUT2D eigenvalue weighted by Gasteiger charge is 2.12. The van der Waals surface area contributed by atoms with Crippen LogP contribution in [0.3, 0.4) is 0 Å². The molecule has 0 amide bonds. The number of aromatic nitrogens is 4. The largest absolute Gasteiger partial charge is 0.307 e. The van der Waals surface area contributed by atoms with E-state index < -0.39 is 0 Å². The van der Waals surface area contributed by atoms with Gasteiger partial charge in [-0.2, -0.15) is 5.26 Å². The fraction of sp³-hybridized carbons (Fsp3) is 0.250. The second kappa shape index (κ2) is 2.67. The van der Waals surface area contributed by atoms with E-state index in [1.807, 2.05) is 6.07 Å². The normalized spacial score (nSPS) is 10.4. The lowest BCUT2D eigenvalue weighted by atomic mass is 10.2. The molecule has 2 rings (SSSR count). The van der Waals surface area contributed by atoms with Crippen LogP contribution in [0.5, 0.6) is 0 Å². The van der Waals surface area contributed by atoms with Crippen molar-refractivity contribution in [2.75, 3.05) is 0 Å². The molecule has 0 unspecified atom stereocenters. The summed E-state index contributed by atoms with van der Waals surface area (Å²) in [6.45, 7) is 3.33. The molecule has 0 fully saturated rings. The molecular formula is C8H7N5O. The first-order valence-electron chi connectivity index (χ1n) is 4.00. The number of hydrogen-bond donors (Lipinski definition) is 1. The summed E-state index contributed by atoms with van der Waals surface area (Å²) in [6.07, 6.45) is 0. The van der Waals surface area contributed by atoms with Crippen LogP contribution in [0.15, 0.2) is 4.79 Å². The van der Waals surface area contributed by atoms with Gasteiger partial charge in [0.15, 0.2) is 11.2 Å². The van der Waals surface area contributed by atoms with Gasteiger partial charge in [0.25, 0.3) is 5.56 Å². The van der Waals surface area contributed by atoms with Gasteiger partial charge < -0.3 is 4.98 Å². The maximum atomic E-state index is 11.5. The van der Waals surface area contributed by atoms with Crippen LogP contribution in [0.2, 0.25) is 0 Å². The number of rotatable bonds is 0. The van der Waals surface area contributed by atoms with E-state index in [0.717, 1.165) is 0 Å². The molecule has 0 aromatic carbocycles. The van der Waals surface area contributed by atoms with Crippen molar-refractivity contribution < 1.29 is 0 Å². The number of aromatic amines is 1. The second-order valence-corrected chi connectivity index (χ2v) is 2.96. The van der Waals surface area contributed by atoms with Crippen LogP contribution in [0, 0.1) is 25.2 Å². The van der Waals surface area contributed by atoms with Crippen molar-refractivity contribution in [3.05, 3.63) is 27.4 Å². The molecule has 0 bridgehead atoms. The zero-order valence-electron chi connectivity index (χ0n) is 7.70. The molecule has 6 nitrogen and oxygen atoms in total. The average Bonchev–Trinajstić information content (AvgIpc) is 2.42. The minimum atomic E-state index is -0.274. The summed E-state index contributed by atoms with van der Waals surface area (Å²) in [5, 5.41) is 16.6. The van der Waals surface area contributed by atoms with Crippen molar-refractivity contribution in [2.24, 2.45) is 0 Å². The minimum absolute atomic E-state index is 0.230. The molecule has 0 radical (unpaired) electrons. The van der Waals surface area contributed by atoms with Gasteiger partial charge in [0, 0.05) is 5.56 Å². The lowest BCUT2D eigenvalue weighted by Gasteiger charge is -1.93. The first-order chi connectivity index (χ1) is 6.63. The van der Waals surface area contributed by atoms with E-state index in [9.17, 15) is 4.79 Å². The fourth-order valence-electron chi connectivity index (χ4n) is 1.31. The number of nitriles is 1. The molecule has 0 aliphatic heterocycles. The van der Waals surface area contributed by atoms with Gasteiger partial charge in [-0.1, -0.05) is 0 Å². The van der Waals surface area contributed by atoms with E-state index in [0.29, 0.717) is 16.9 Å². The van der Waals surface area contributed by atoms with E-state index in [2.05, 4.69) is 15.2 Å². The molecule has 0 atom stereocenters. The molecule has 70 valence electrons. The molecule has 0 saturated carbocycles. The number of hydrogen-bond acceptors (Lipinski definition) is 4. The van der Waals surface area contributed by atoms with Gasteiger partial charge in [-0.25, -0.2) is 0 Å². The van der Waals surface area contributed by atoms with Crippen molar-refractivity contribution in [3.8, 4) is 6.07 Å². The van der Waals surface area contributed by atoms with Crippen LogP contribution in [0.25, 0.3) is 5.52 Å². The highest BCUT2D eigenvalue weighted by molar-refractivity contribution is 5.56. The Bertz CT molecular complexity index is 600. The summed E-state index contributed by atoms with van der Waals surface area (Å²) in [7, 11) is 0. The van der Waals surface area contributed by atoms with Crippen molar-refractivity contribution in [2.45, 2.75) is 13.8 Å². The molecule has 0 aliphatic carbocycles. The van der Waals surface area contributed by atoms with Crippen molar-refractivity contribution in [1.82, 2.24) is 19.8 Å². The summed E-state index contributed by atoms with van der Waals surface area (Å²) in [4.78, 5) is 14.0. The zero-order chi connectivity index (χ0) is 10.3. The Labute approximate surface area is 78.8 Å². The zero-order valence-corrected chi connectivity index (χ0v) is 7.70. The third kappa shape index (κ3) is 0.992. The Morgan fingerprint density at radius 2 is 2.14 bits per heavy atom. The third-order valence-corrected chi connectivity index (χ3v) is 1.97. The molecule has 0 aliphatic rings. The molecule has 2 heterocycles. The van der Waals surface area contributed by atoms with Gasteiger partial charge >= 0.3 is 0 Å². The predicted molar refractivity (Wildman–Crippen MR) is 47.8 cm³/mol. The molecule has 0 saturated heterocycles. The average molecular weight is 189 g/mol. The maximum Gasteiger partial charge on any atom is 0.277 e.